The molecule has 0 bridgehead atoms. The van der Waals surface area contributed by atoms with E-state index < -0.39 is 0 Å². The molecule has 0 atom stereocenters. The summed E-state index contributed by atoms with van der Waals surface area (Å²) in [6.07, 6.45) is 5.65. The number of ether oxygens (including phenoxy) is 2. The van der Waals surface area contributed by atoms with Crippen molar-refractivity contribution in [2.45, 2.75) is 31.7 Å². The van der Waals surface area contributed by atoms with E-state index in [2.05, 4.69) is 5.32 Å². The van der Waals surface area contributed by atoms with Crippen LogP contribution in [0.2, 0.25) is 5.02 Å². The SMILES string of the molecule is N#C/C(=C/c1cc2c(cc1Cl)OCO2)C(=O)NC1CCCC1. The predicted molar refractivity (Wildman–Crippen MR) is 81.6 cm³/mol. The average molecular weight is 319 g/mol. The Kier molecular flexibility index (Phi) is 4.21. The van der Waals surface area contributed by atoms with Crippen molar-refractivity contribution in [1.29, 1.82) is 5.26 Å². The van der Waals surface area contributed by atoms with Crippen molar-refractivity contribution in [1.82, 2.24) is 5.32 Å². The van der Waals surface area contributed by atoms with Crippen molar-refractivity contribution in [2.75, 3.05) is 6.79 Å². The van der Waals surface area contributed by atoms with Crippen molar-refractivity contribution in [3.63, 3.8) is 0 Å². The minimum Gasteiger partial charge on any atom is -0.454 e. The number of nitrogens with one attached hydrogen (secondary N) is 1. The molecule has 114 valence electrons. The first-order chi connectivity index (χ1) is 10.7. The van der Waals surface area contributed by atoms with Crippen LogP contribution in [0.5, 0.6) is 11.5 Å². The highest BCUT2D eigenvalue weighted by atomic mass is 35.5. The lowest BCUT2D eigenvalue weighted by Crippen LogP contribution is -2.33. The standard InChI is InChI=1S/C16H15ClN2O3/c17-13-7-15-14(21-9-22-15)6-10(13)5-11(8-18)16(20)19-12-3-1-2-4-12/h5-7,12H,1-4,9H2,(H,19,20)/b11-5-. The lowest BCUT2D eigenvalue weighted by atomic mass is 10.1. The number of amides is 1. The third kappa shape index (κ3) is 3.02. The summed E-state index contributed by atoms with van der Waals surface area (Å²) < 4.78 is 10.5. The van der Waals surface area contributed by atoms with Gasteiger partial charge >= 0.3 is 0 Å². The van der Waals surface area contributed by atoms with Gasteiger partial charge in [-0.1, -0.05) is 24.4 Å². The van der Waals surface area contributed by atoms with E-state index in [-0.39, 0.29) is 24.3 Å². The number of rotatable bonds is 3. The number of nitriles is 1. The number of fused-ring (bicyclic) bond motifs is 1. The van der Waals surface area contributed by atoms with Gasteiger partial charge in [0.25, 0.3) is 5.91 Å². The van der Waals surface area contributed by atoms with Crippen LogP contribution in [0, 0.1) is 11.3 Å². The molecule has 1 amide bonds. The van der Waals surface area contributed by atoms with Gasteiger partial charge in [0.05, 0.1) is 5.02 Å². The van der Waals surface area contributed by atoms with Crippen molar-refractivity contribution >= 4 is 23.6 Å². The van der Waals surface area contributed by atoms with E-state index in [0.717, 1.165) is 25.7 Å². The zero-order chi connectivity index (χ0) is 15.5. The second kappa shape index (κ2) is 6.29. The topological polar surface area (TPSA) is 71.3 Å². The normalized spacial score (nSPS) is 17.4. The number of benzene rings is 1. The van der Waals surface area contributed by atoms with Gasteiger partial charge in [0, 0.05) is 12.1 Å². The molecule has 6 heteroatoms. The summed E-state index contributed by atoms with van der Waals surface area (Å²) in [6.45, 7) is 0.145. The smallest absolute Gasteiger partial charge is 0.262 e. The molecular weight excluding hydrogens is 304 g/mol. The fourth-order valence-electron chi connectivity index (χ4n) is 2.68. The fourth-order valence-corrected chi connectivity index (χ4v) is 2.89. The Bertz CT molecular complexity index is 673. The van der Waals surface area contributed by atoms with Gasteiger partial charge in [-0.05, 0) is 30.5 Å². The Labute approximate surface area is 133 Å². The van der Waals surface area contributed by atoms with Crippen LogP contribution >= 0.6 is 11.6 Å². The molecule has 3 rings (SSSR count). The van der Waals surface area contributed by atoms with Gasteiger partial charge in [0.1, 0.15) is 11.6 Å². The molecule has 0 saturated heterocycles. The van der Waals surface area contributed by atoms with E-state index in [1.54, 1.807) is 12.1 Å². The Morgan fingerprint density at radius 3 is 2.68 bits per heavy atom. The molecule has 1 aromatic carbocycles. The summed E-state index contributed by atoms with van der Waals surface area (Å²) in [5, 5.41) is 12.5. The highest BCUT2D eigenvalue weighted by molar-refractivity contribution is 6.32. The highest BCUT2D eigenvalue weighted by Crippen LogP contribution is 2.37. The third-order valence-electron chi connectivity index (χ3n) is 3.85. The Balaban J connectivity index is 1.82. The van der Waals surface area contributed by atoms with Crippen LogP contribution in [0.4, 0.5) is 0 Å². The van der Waals surface area contributed by atoms with E-state index >= 15 is 0 Å². The molecule has 0 aromatic heterocycles. The van der Waals surface area contributed by atoms with Crippen molar-refractivity contribution in [3.8, 4) is 17.6 Å². The number of hydrogen-bond donors (Lipinski definition) is 1. The quantitative estimate of drug-likeness (QED) is 0.687. The van der Waals surface area contributed by atoms with Gasteiger partial charge in [-0.2, -0.15) is 5.26 Å². The van der Waals surface area contributed by atoms with Crippen LogP contribution in [-0.4, -0.2) is 18.7 Å². The molecule has 1 N–H and O–H groups in total. The molecule has 1 aliphatic heterocycles. The summed E-state index contributed by atoms with van der Waals surface area (Å²) >= 11 is 6.16. The fraction of sp³-hybridized carbons (Fsp3) is 0.375. The largest absolute Gasteiger partial charge is 0.454 e. The van der Waals surface area contributed by atoms with Crippen LogP contribution in [-0.2, 0) is 4.79 Å². The molecule has 5 nitrogen and oxygen atoms in total. The molecule has 1 heterocycles. The maximum absolute atomic E-state index is 12.2. The molecule has 2 aliphatic rings. The highest BCUT2D eigenvalue weighted by Gasteiger charge is 2.20. The molecule has 0 unspecified atom stereocenters. The van der Waals surface area contributed by atoms with Gasteiger partial charge < -0.3 is 14.8 Å². The monoisotopic (exact) mass is 318 g/mol. The van der Waals surface area contributed by atoms with Crippen LogP contribution in [0.3, 0.4) is 0 Å². The number of hydrogen-bond acceptors (Lipinski definition) is 4. The summed E-state index contributed by atoms with van der Waals surface area (Å²) in [5.41, 5.74) is 0.594. The van der Waals surface area contributed by atoms with Gasteiger partial charge in [-0.25, -0.2) is 0 Å². The molecule has 1 aliphatic carbocycles. The molecule has 0 radical (unpaired) electrons. The van der Waals surface area contributed by atoms with Gasteiger partial charge in [0.15, 0.2) is 11.5 Å². The van der Waals surface area contributed by atoms with E-state index in [0.29, 0.717) is 22.1 Å². The van der Waals surface area contributed by atoms with E-state index in [9.17, 15) is 10.1 Å². The summed E-state index contributed by atoms with van der Waals surface area (Å²) in [4.78, 5) is 12.2. The molecular formula is C16H15ClN2O3. The molecule has 1 saturated carbocycles. The minimum absolute atomic E-state index is 0.0349. The van der Waals surface area contributed by atoms with Crippen molar-refractivity contribution in [2.24, 2.45) is 0 Å². The lowest BCUT2D eigenvalue weighted by molar-refractivity contribution is -0.117. The first-order valence-electron chi connectivity index (χ1n) is 7.19. The zero-order valence-corrected chi connectivity index (χ0v) is 12.7. The second-order valence-electron chi connectivity index (χ2n) is 5.35. The first-order valence-corrected chi connectivity index (χ1v) is 7.57. The van der Waals surface area contributed by atoms with E-state index in [1.807, 2.05) is 6.07 Å². The van der Waals surface area contributed by atoms with Crippen LogP contribution < -0.4 is 14.8 Å². The molecule has 1 fully saturated rings. The van der Waals surface area contributed by atoms with Crippen molar-refractivity contribution in [3.05, 3.63) is 28.3 Å². The summed E-state index contributed by atoms with van der Waals surface area (Å²) in [6, 6.07) is 5.40. The number of halogens is 1. The Hall–Kier alpha value is -2.19. The van der Waals surface area contributed by atoms with E-state index in [1.165, 1.54) is 6.08 Å². The van der Waals surface area contributed by atoms with Crippen LogP contribution in [0.25, 0.3) is 6.08 Å². The lowest BCUT2D eigenvalue weighted by Gasteiger charge is -2.11. The average Bonchev–Trinajstić information content (AvgIpc) is 3.15. The van der Waals surface area contributed by atoms with Gasteiger partial charge in [-0.15, -0.1) is 0 Å². The third-order valence-corrected chi connectivity index (χ3v) is 4.17. The van der Waals surface area contributed by atoms with Crippen LogP contribution in [0.1, 0.15) is 31.2 Å². The zero-order valence-electron chi connectivity index (χ0n) is 11.9. The maximum atomic E-state index is 12.2. The van der Waals surface area contributed by atoms with E-state index in [4.69, 9.17) is 21.1 Å². The summed E-state index contributed by atoms with van der Waals surface area (Å²) in [5.74, 6) is 0.767. The first kappa shape index (κ1) is 14.7. The van der Waals surface area contributed by atoms with Gasteiger partial charge in [-0.3, -0.25) is 4.79 Å². The maximum Gasteiger partial charge on any atom is 0.262 e. The van der Waals surface area contributed by atoms with Crippen molar-refractivity contribution < 1.29 is 14.3 Å². The van der Waals surface area contributed by atoms with Crippen LogP contribution in [0.15, 0.2) is 17.7 Å². The summed E-state index contributed by atoms with van der Waals surface area (Å²) in [7, 11) is 0. The molecule has 1 aromatic rings. The number of nitrogens with zero attached hydrogens (tertiary/aromatic N) is 1. The minimum atomic E-state index is -0.358. The molecule has 0 spiro atoms. The van der Waals surface area contributed by atoms with Gasteiger partial charge in [0.2, 0.25) is 6.79 Å². The second-order valence-corrected chi connectivity index (χ2v) is 5.76. The molecule has 22 heavy (non-hydrogen) atoms. The Morgan fingerprint density at radius 1 is 1.32 bits per heavy atom. The number of carbonyl (C=O) groups excluding carboxylic acids is 1. The predicted octanol–water partition coefficient (Wildman–Crippen LogP) is 3.03. The number of carbonyl (C=O) groups is 1. The Morgan fingerprint density at radius 2 is 2.00 bits per heavy atom.